The second-order valence-corrected chi connectivity index (χ2v) is 5.12. The summed E-state index contributed by atoms with van der Waals surface area (Å²) < 4.78 is 10.8. The molecule has 2 N–H and O–H groups in total. The first kappa shape index (κ1) is 15.0. The van der Waals surface area contributed by atoms with Gasteiger partial charge in [-0.15, -0.1) is 0 Å². The first-order valence-corrected chi connectivity index (χ1v) is 6.76. The topological polar surface area (TPSA) is 58.9 Å². The van der Waals surface area contributed by atoms with Crippen LogP contribution in [0.2, 0.25) is 0 Å². The molecule has 0 radical (unpaired) electrons. The van der Waals surface area contributed by atoms with E-state index in [0.29, 0.717) is 17.1 Å². The minimum absolute atomic E-state index is 0.0766. The Morgan fingerprint density at radius 1 is 0.952 bits per heavy atom. The van der Waals surface area contributed by atoms with Crippen LogP contribution >= 0.6 is 0 Å². The summed E-state index contributed by atoms with van der Waals surface area (Å²) in [6.07, 6.45) is 0. The van der Waals surface area contributed by atoms with Gasteiger partial charge in [-0.25, -0.2) is 0 Å². The molecule has 21 heavy (non-hydrogen) atoms. The minimum Gasteiger partial charge on any atom is -0.508 e. The van der Waals surface area contributed by atoms with Gasteiger partial charge in [-0.05, 0) is 29.7 Å². The Labute approximate surface area is 124 Å². The third-order valence-corrected chi connectivity index (χ3v) is 3.44. The van der Waals surface area contributed by atoms with Crippen molar-refractivity contribution in [3.8, 4) is 34.1 Å². The Morgan fingerprint density at radius 2 is 1.57 bits per heavy atom. The predicted octanol–water partition coefficient (Wildman–Crippen LogP) is 3.91. The van der Waals surface area contributed by atoms with E-state index in [2.05, 4.69) is 0 Å². The lowest BCUT2D eigenvalue weighted by molar-refractivity contribution is 0.355. The van der Waals surface area contributed by atoms with Gasteiger partial charge < -0.3 is 19.7 Å². The molecule has 0 amide bonds. The zero-order valence-corrected chi connectivity index (χ0v) is 12.7. The summed E-state index contributed by atoms with van der Waals surface area (Å²) in [4.78, 5) is 0. The molecule has 0 fully saturated rings. The van der Waals surface area contributed by atoms with E-state index in [1.165, 1.54) is 7.11 Å². The Morgan fingerprint density at radius 3 is 2.05 bits per heavy atom. The van der Waals surface area contributed by atoms with E-state index in [1.54, 1.807) is 37.4 Å². The fourth-order valence-corrected chi connectivity index (χ4v) is 2.42. The van der Waals surface area contributed by atoms with Gasteiger partial charge in [0.2, 0.25) is 0 Å². The van der Waals surface area contributed by atoms with E-state index < -0.39 is 0 Å². The van der Waals surface area contributed by atoms with Crippen molar-refractivity contribution in [3.63, 3.8) is 0 Å². The smallest absolute Gasteiger partial charge is 0.168 e. The lowest BCUT2D eigenvalue weighted by Crippen LogP contribution is -2.00. The quantitative estimate of drug-likeness (QED) is 0.895. The normalized spacial score (nSPS) is 10.7. The number of aromatic hydroxyl groups is 2. The third-order valence-electron chi connectivity index (χ3n) is 3.44. The molecule has 2 aromatic carbocycles. The molecule has 4 nitrogen and oxygen atoms in total. The van der Waals surface area contributed by atoms with Gasteiger partial charge in [0.25, 0.3) is 0 Å². The maximum atomic E-state index is 10.5. The van der Waals surface area contributed by atoms with Crippen LogP contribution in [0.1, 0.15) is 25.3 Å². The van der Waals surface area contributed by atoms with Crippen LogP contribution in [0.25, 0.3) is 11.1 Å². The number of hydrogen-bond acceptors (Lipinski definition) is 4. The fraction of sp³-hybridized carbons (Fsp3) is 0.294. The van der Waals surface area contributed by atoms with E-state index in [1.807, 2.05) is 13.8 Å². The van der Waals surface area contributed by atoms with E-state index in [0.717, 1.165) is 11.1 Å². The summed E-state index contributed by atoms with van der Waals surface area (Å²) in [5, 5.41) is 19.9. The third kappa shape index (κ3) is 2.75. The number of phenolic OH excluding ortho intramolecular Hbond substituents is 2. The van der Waals surface area contributed by atoms with Gasteiger partial charge in [-0.1, -0.05) is 26.0 Å². The predicted molar refractivity (Wildman–Crippen MR) is 82.4 cm³/mol. The van der Waals surface area contributed by atoms with Crippen LogP contribution in [0.4, 0.5) is 0 Å². The molecule has 0 aliphatic rings. The highest BCUT2D eigenvalue weighted by atomic mass is 16.5. The van der Waals surface area contributed by atoms with E-state index in [9.17, 15) is 10.2 Å². The summed E-state index contributed by atoms with van der Waals surface area (Å²) in [6, 6.07) is 8.41. The second kappa shape index (κ2) is 5.95. The van der Waals surface area contributed by atoms with Crippen LogP contribution in [0, 0.1) is 0 Å². The molecule has 0 saturated heterocycles. The summed E-state index contributed by atoms with van der Waals surface area (Å²) in [7, 11) is 3.12. The highest BCUT2D eigenvalue weighted by Gasteiger charge is 2.22. The highest BCUT2D eigenvalue weighted by molar-refractivity contribution is 5.77. The number of benzene rings is 2. The van der Waals surface area contributed by atoms with E-state index >= 15 is 0 Å². The molecule has 112 valence electrons. The average molecular weight is 288 g/mol. The summed E-state index contributed by atoms with van der Waals surface area (Å²) in [5.74, 6) is 1.49. The lowest BCUT2D eigenvalue weighted by atomic mass is 9.95. The molecule has 0 aromatic heterocycles. The standard InChI is InChI=1S/C17H20O4/c1-10(2)15-14(20-3)9-13(16(19)17(15)21-4)11-5-7-12(18)8-6-11/h5-10,18-19H,1-4H3. The van der Waals surface area contributed by atoms with Crippen molar-refractivity contribution >= 4 is 0 Å². The number of rotatable bonds is 4. The Bertz CT molecular complexity index is 630. The zero-order valence-electron chi connectivity index (χ0n) is 12.7. The SMILES string of the molecule is COc1cc(-c2ccc(O)cc2)c(O)c(OC)c1C(C)C. The van der Waals surface area contributed by atoms with Crippen molar-refractivity contribution in [1.29, 1.82) is 0 Å². The molecule has 0 saturated carbocycles. The molecule has 0 aliphatic heterocycles. The highest BCUT2D eigenvalue weighted by Crippen LogP contribution is 2.47. The van der Waals surface area contributed by atoms with Crippen LogP contribution in [-0.4, -0.2) is 24.4 Å². The fourth-order valence-electron chi connectivity index (χ4n) is 2.42. The van der Waals surface area contributed by atoms with Gasteiger partial charge >= 0.3 is 0 Å². The number of hydrogen-bond donors (Lipinski definition) is 2. The van der Waals surface area contributed by atoms with E-state index in [-0.39, 0.29) is 17.4 Å². The van der Waals surface area contributed by atoms with Crippen LogP contribution in [0.15, 0.2) is 30.3 Å². The van der Waals surface area contributed by atoms with Gasteiger partial charge in [-0.3, -0.25) is 0 Å². The Hall–Kier alpha value is -2.36. The van der Waals surface area contributed by atoms with Gasteiger partial charge in [0.1, 0.15) is 11.5 Å². The molecule has 0 heterocycles. The number of phenols is 2. The first-order valence-electron chi connectivity index (χ1n) is 6.76. The van der Waals surface area contributed by atoms with Crippen LogP contribution in [0.5, 0.6) is 23.0 Å². The molecular weight excluding hydrogens is 268 g/mol. The van der Waals surface area contributed by atoms with Gasteiger partial charge in [0.15, 0.2) is 11.5 Å². The summed E-state index contributed by atoms with van der Waals surface area (Å²) in [5.41, 5.74) is 2.21. The molecule has 0 unspecified atom stereocenters. The first-order chi connectivity index (χ1) is 9.99. The number of methoxy groups -OCH3 is 2. The largest absolute Gasteiger partial charge is 0.508 e. The minimum atomic E-state index is 0.0766. The van der Waals surface area contributed by atoms with Crippen molar-refractivity contribution in [1.82, 2.24) is 0 Å². The van der Waals surface area contributed by atoms with Crippen molar-refractivity contribution in [2.75, 3.05) is 14.2 Å². The number of ether oxygens (including phenoxy) is 2. The van der Waals surface area contributed by atoms with E-state index in [4.69, 9.17) is 9.47 Å². The van der Waals surface area contributed by atoms with Gasteiger partial charge in [0, 0.05) is 11.1 Å². The Kier molecular flexibility index (Phi) is 4.26. The van der Waals surface area contributed by atoms with Crippen LogP contribution < -0.4 is 9.47 Å². The van der Waals surface area contributed by atoms with Crippen molar-refractivity contribution in [3.05, 3.63) is 35.9 Å². The zero-order chi connectivity index (χ0) is 15.6. The van der Waals surface area contributed by atoms with Crippen molar-refractivity contribution in [2.24, 2.45) is 0 Å². The molecule has 0 spiro atoms. The van der Waals surface area contributed by atoms with Gasteiger partial charge in [0.05, 0.1) is 14.2 Å². The molecule has 0 aliphatic carbocycles. The van der Waals surface area contributed by atoms with Gasteiger partial charge in [-0.2, -0.15) is 0 Å². The van der Waals surface area contributed by atoms with Crippen molar-refractivity contribution < 1.29 is 19.7 Å². The molecule has 2 aromatic rings. The molecule has 0 atom stereocenters. The van der Waals surface area contributed by atoms with Crippen molar-refractivity contribution in [2.45, 2.75) is 19.8 Å². The van der Waals surface area contributed by atoms with Crippen LogP contribution in [0.3, 0.4) is 0 Å². The Balaban J connectivity index is 2.71. The molecular formula is C17H20O4. The lowest BCUT2D eigenvalue weighted by Gasteiger charge is -2.20. The maximum Gasteiger partial charge on any atom is 0.168 e. The summed E-state index contributed by atoms with van der Waals surface area (Å²) in [6.45, 7) is 4.03. The second-order valence-electron chi connectivity index (χ2n) is 5.12. The molecule has 4 heteroatoms. The monoisotopic (exact) mass is 288 g/mol. The molecule has 2 rings (SSSR count). The summed E-state index contributed by atoms with van der Waals surface area (Å²) >= 11 is 0. The average Bonchev–Trinajstić information content (AvgIpc) is 2.47. The molecule has 0 bridgehead atoms. The van der Waals surface area contributed by atoms with Crippen LogP contribution in [-0.2, 0) is 0 Å². The maximum absolute atomic E-state index is 10.5.